The summed E-state index contributed by atoms with van der Waals surface area (Å²) in [7, 11) is 1.61. The minimum atomic E-state index is -0.284. The molecule has 0 heterocycles. The number of anilines is 1. The molecule has 3 aromatic carbocycles. The number of methoxy groups -OCH3 is 1. The Morgan fingerprint density at radius 1 is 0.935 bits per heavy atom. The number of nitrogens with zero attached hydrogens (tertiary/aromatic N) is 1. The summed E-state index contributed by atoms with van der Waals surface area (Å²) in [6.45, 7) is 3.34. The molecule has 3 aromatic rings. The summed E-state index contributed by atoms with van der Waals surface area (Å²) in [5, 5.41) is 2.99. The van der Waals surface area contributed by atoms with Crippen LogP contribution in [0.4, 0.5) is 10.5 Å². The van der Waals surface area contributed by atoms with E-state index in [-0.39, 0.29) is 12.1 Å². The number of carbonyl (C=O) groups is 1. The van der Waals surface area contributed by atoms with E-state index in [9.17, 15) is 4.79 Å². The summed E-state index contributed by atoms with van der Waals surface area (Å²) >= 11 is 0. The normalized spacial score (nSPS) is 11.7. The Morgan fingerprint density at radius 2 is 1.55 bits per heavy atom. The van der Waals surface area contributed by atoms with Crippen LogP contribution in [0.15, 0.2) is 78.9 Å². The van der Waals surface area contributed by atoms with Gasteiger partial charge in [0, 0.05) is 31.9 Å². The first-order chi connectivity index (χ1) is 15.1. The van der Waals surface area contributed by atoms with Crippen molar-refractivity contribution in [1.82, 2.24) is 5.32 Å². The van der Waals surface area contributed by atoms with Crippen LogP contribution >= 0.6 is 0 Å². The van der Waals surface area contributed by atoms with Crippen LogP contribution in [0.25, 0.3) is 11.1 Å². The Hall–Kier alpha value is -3.15. The van der Waals surface area contributed by atoms with Gasteiger partial charge in [-0.05, 0) is 40.8 Å². The predicted octanol–water partition coefficient (Wildman–Crippen LogP) is 4.61. The molecule has 31 heavy (non-hydrogen) atoms. The number of hydrogen-bond acceptors (Lipinski definition) is 3. The SMILES string of the molecule is CCc1ccc(-c2ccc(N(CC(N)COC)C(=O)NCc3ccccc3)cc2)cc1. The van der Waals surface area contributed by atoms with Gasteiger partial charge in [-0.1, -0.05) is 73.7 Å². The molecule has 5 heteroatoms. The highest BCUT2D eigenvalue weighted by molar-refractivity contribution is 5.92. The van der Waals surface area contributed by atoms with Gasteiger partial charge < -0.3 is 15.8 Å². The predicted molar refractivity (Wildman–Crippen MR) is 127 cm³/mol. The Bertz CT molecular complexity index is 941. The topological polar surface area (TPSA) is 67.6 Å². The average Bonchev–Trinajstić information content (AvgIpc) is 2.82. The first-order valence-electron chi connectivity index (χ1n) is 10.6. The van der Waals surface area contributed by atoms with Crippen molar-refractivity contribution in [1.29, 1.82) is 0 Å². The first kappa shape index (κ1) is 22.5. The third-order valence-corrected chi connectivity index (χ3v) is 5.20. The van der Waals surface area contributed by atoms with Gasteiger partial charge in [-0.25, -0.2) is 4.79 Å². The zero-order valence-electron chi connectivity index (χ0n) is 18.3. The molecule has 0 spiro atoms. The van der Waals surface area contributed by atoms with Gasteiger partial charge in [0.2, 0.25) is 0 Å². The highest BCUT2D eigenvalue weighted by Crippen LogP contribution is 2.24. The van der Waals surface area contributed by atoms with E-state index in [1.165, 1.54) is 5.56 Å². The molecule has 0 radical (unpaired) electrons. The second kappa shape index (κ2) is 11.3. The van der Waals surface area contributed by atoms with Gasteiger partial charge in [-0.2, -0.15) is 0 Å². The number of ether oxygens (including phenoxy) is 1. The largest absolute Gasteiger partial charge is 0.383 e. The fourth-order valence-electron chi connectivity index (χ4n) is 3.44. The number of nitrogens with one attached hydrogen (secondary N) is 1. The zero-order chi connectivity index (χ0) is 22.1. The summed E-state index contributed by atoms with van der Waals surface area (Å²) in [4.78, 5) is 14.7. The Morgan fingerprint density at radius 3 is 2.13 bits per heavy atom. The smallest absolute Gasteiger partial charge is 0.322 e. The molecule has 0 aromatic heterocycles. The van der Waals surface area contributed by atoms with E-state index in [2.05, 4.69) is 36.5 Å². The lowest BCUT2D eigenvalue weighted by Crippen LogP contribution is -2.47. The Labute approximate surface area is 184 Å². The minimum absolute atomic E-state index is 0.185. The highest BCUT2D eigenvalue weighted by atomic mass is 16.5. The van der Waals surface area contributed by atoms with Crippen molar-refractivity contribution in [2.24, 2.45) is 5.73 Å². The molecule has 0 bridgehead atoms. The van der Waals surface area contributed by atoms with Crippen LogP contribution in [0.1, 0.15) is 18.1 Å². The van der Waals surface area contributed by atoms with Crippen molar-refractivity contribution < 1.29 is 9.53 Å². The van der Waals surface area contributed by atoms with Gasteiger partial charge >= 0.3 is 6.03 Å². The number of benzene rings is 3. The molecule has 162 valence electrons. The molecule has 0 saturated heterocycles. The summed E-state index contributed by atoms with van der Waals surface area (Å²) in [5.74, 6) is 0. The number of carbonyl (C=O) groups excluding carboxylic acids is 1. The van der Waals surface area contributed by atoms with Crippen LogP contribution in [-0.4, -0.2) is 32.3 Å². The van der Waals surface area contributed by atoms with Crippen molar-refractivity contribution in [3.8, 4) is 11.1 Å². The number of rotatable bonds is 9. The number of aryl methyl sites for hydroxylation is 1. The third-order valence-electron chi connectivity index (χ3n) is 5.20. The minimum Gasteiger partial charge on any atom is -0.383 e. The van der Waals surface area contributed by atoms with Gasteiger partial charge in [0.1, 0.15) is 0 Å². The molecule has 0 aliphatic rings. The monoisotopic (exact) mass is 417 g/mol. The fourth-order valence-corrected chi connectivity index (χ4v) is 3.44. The molecule has 0 fully saturated rings. The summed E-state index contributed by atoms with van der Waals surface area (Å²) in [5.41, 5.74) is 11.6. The zero-order valence-corrected chi connectivity index (χ0v) is 18.3. The van der Waals surface area contributed by atoms with Crippen molar-refractivity contribution in [2.75, 3.05) is 25.2 Å². The molecule has 0 aliphatic carbocycles. The van der Waals surface area contributed by atoms with Crippen molar-refractivity contribution in [3.63, 3.8) is 0 Å². The van der Waals surface area contributed by atoms with Gasteiger partial charge in [0.05, 0.1) is 6.61 Å². The van der Waals surface area contributed by atoms with Gasteiger partial charge in [-0.3, -0.25) is 4.90 Å². The first-order valence-corrected chi connectivity index (χ1v) is 10.6. The maximum atomic E-state index is 13.0. The second-order valence-electron chi connectivity index (χ2n) is 7.57. The van der Waals surface area contributed by atoms with Gasteiger partial charge in [0.25, 0.3) is 0 Å². The Kier molecular flexibility index (Phi) is 8.21. The molecule has 1 atom stereocenters. The maximum Gasteiger partial charge on any atom is 0.322 e. The van der Waals surface area contributed by atoms with E-state index in [4.69, 9.17) is 10.5 Å². The molecule has 1 unspecified atom stereocenters. The van der Waals surface area contributed by atoms with E-state index >= 15 is 0 Å². The number of nitrogens with two attached hydrogens (primary N) is 1. The number of amides is 2. The molecule has 2 amide bonds. The van der Waals surface area contributed by atoms with Crippen LogP contribution in [0.2, 0.25) is 0 Å². The quantitative estimate of drug-likeness (QED) is 0.534. The molecule has 3 N–H and O–H groups in total. The summed E-state index contributed by atoms with van der Waals surface area (Å²) < 4.78 is 5.16. The highest BCUT2D eigenvalue weighted by Gasteiger charge is 2.19. The van der Waals surface area contributed by atoms with Crippen LogP contribution in [0.3, 0.4) is 0 Å². The third kappa shape index (κ3) is 6.41. The molecular weight excluding hydrogens is 386 g/mol. The summed E-state index contributed by atoms with van der Waals surface area (Å²) in [6, 6.07) is 25.9. The lowest BCUT2D eigenvalue weighted by atomic mass is 10.0. The molecule has 0 aliphatic heterocycles. The second-order valence-corrected chi connectivity index (χ2v) is 7.57. The average molecular weight is 418 g/mol. The molecule has 3 rings (SSSR count). The number of hydrogen-bond donors (Lipinski definition) is 2. The van der Waals surface area contributed by atoms with Crippen LogP contribution < -0.4 is 16.0 Å². The van der Waals surface area contributed by atoms with E-state index in [1.807, 2.05) is 54.6 Å². The van der Waals surface area contributed by atoms with Crippen molar-refractivity contribution >= 4 is 11.7 Å². The van der Waals surface area contributed by atoms with Crippen LogP contribution in [0, 0.1) is 0 Å². The maximum absolute atomic E-state index is 13.0. The number of urea groups is 1. The standard InChI is InChI=1S/C26H31N3O2/c1-3-20-9-11-22(12-10-20)23-13-15-25(16-14-23)29(18-24(27)19-31-2)26(30)28-17-21-7-5-4-6-8-21/h4-16,24H,3,17-19,27H2,1-2H3,(H,28,30). The van der Waals surface area contributed by atoms with E-state index < -0.39 is 0 Å². The van der Waals surface area contributed by atoms with Gasteiger partial charge in [-0.15, -0.1) is 0 Å². The van der Waals surface area contributed by atoms with E-state index in [0.717, 1.165) is 28.8 Å². The lowest BCUT2D eigenvalue weighted by Gasteiger charge is -2.26. The van der Waals surface area contributed by atoms with Crippen molar-refractivity contribution in [2.45, 2.75) is 25.9 Å². The van der Waals surface area contributed by atoms with E-state index in [1.54, 1.807) is 12.0 Å². The molecular formula is C26H31N3O2. The fraction of sp³-hybridized carbons (Fsp3) is 0.269. The van der Waals surface area contributed by atoms with E-state index in [0.29, 0.717) is 19.7 Å². The van der Waals surface area contributed by atoms with Crippen LogP contribution in [-0.2, 0) is 17.7 Å². The Balaban J connectivity index is 1.76. The molecule has 0 saturated carbocycles. The summed E-state index contributed by atoms with van der Waals surface area (Å²) in [6.07, 6.45) is 1.02. The van der Waals surface area contributed by atoms with Crippen LogP contribution in [0.5, 0.6) is 0 Å². The van der Waals surface area contributed by atoms with Gasteiger partial charge in [0.15, 0.2) is 0 Å². The molecule has 5 nitrogen and oxygen atoms in total. The van der Waals surface area contributed by atoms with Crippen molar-refractivity contribution in [3.05, 3.63) is 90.0 Å². The lowest BCUT2D eigenvalue weighted by molar-refractivity contribution is 0.181.